The number of nitrogens with one attached hydrogen (secondary N) is 1. The molecule has 0 saturated heterocycles. The summed E-state index contributed by atoms with van der Waals surface area (Å²) in [4.78, 5) is 11.6. The van der Waals surface area contributed by atoms with Crippen molar-refractivity contribution in [2.24, 2.45) is 0 Å². The molecule has 0 saturated carbocycles. The largest absolute Gasteiger partial charge is 0.484 e. The summed E-state index contributed by atoms with van der Waals surface area (Å²) in [6.07, 6.45) is -0.909. The number of carbonyl (C=O) groups is 1. The molecule has 5 nitrogen and oxygen atoms in total. The number of aliphatic hydroxyl groups is 1. The van der Waals surface area contributed by atoms with Gasteiger partial charge in [-0.2, -0.15) is 0 Å². The van der Waals surface area contributed by atoms with E-state index in [1.165, 1.54) is 24.3 Å². The smallest absolute Gasteiger partial charge is 0.258 e. The van der Waals surface area contributed by atoms with E-state index in [1.807, 2.05) is 0 Å². The lowest BCUT2D eigenvalue weighted by atomic mass is 10.3. The molecule has 1 aromatic carbocycles. The maximum Gasteiger partial charge on any atom is 0.258 e. The Morgan fingerprint density at radius 1 is 1.33 bits per heavy atom. The Kier molecular flexibility index (Phi) is 4.94. The van der Waals surface area contributed by atoms with Crippen molar-refractivity contribution in [1.82, 2.24) is 5.32 Å². The maximum atomic E-state index is 12.7. The van der Waals surface area contributed by atoms with Crippen LogP contribution in [0.5, 0.6) is 5.75 Å². The van der Waals surface area contributed by atoms with Crippen molar-refractivity contribution in [3.05, 3.63) is 53.7 Å². The van der Waals surface area contributed by atoms with Gasteiger partial charge in [0.15, 0.2) is 6.61 Å². The molecule has 0 unspecified atom stereocenters. The van der Waals surface area contributed by atoms with Crippen LogP contribution in [0.3, 0.4) is 0 Å². The molecule has 112 valence electrons. The van der Waals surface area contributed by atoms with Crippen LogP contribution >= 0.6 is 0 Å². The molecule has 6 heteroatoms. The van der Waals surface area contributed by atoms with Crippen LogP contribution in [0.1, 0.15) is 17.6 Å². The number of hydrogen-bond donors (Lipinski definition) is 2. The van der Waals surface area contributed by atoms with Gasteiger partial charge in [-0.15, -0.1) is 0 Å². The van der Waals surface area contributed by atoms with Crippen LogP contribution in [-0.2, 0) is 4.79 Å². The number of hydrogen-bond acceptors (Lipinski definition) is 4. The molecule has 2 aromatic rings. The summed E-state index contributed by atoms with van der Waals surface area (Å²) in [6, 6.07) is 8.75. The number of halogens is 1. The first kappa shape index (κ1) is 15.1. The van der Waals surface area contributed by atoms with Gasteiger partial charge in [0.05, 0.1) is 6.54 Å². The zero-order valence-corrected chi connectivity index (χ0v) is 11.5. The number of amides is 1. The number of rotatable bonds is 6. The zero-order valence-electron chi connectivity index (χ0n) is 11.5. The minimum absolute atomic E-state index is 0.0264. The molecule has 1 heterocycles. The SMILES string of the molecule is Cc1ccc([C@H](O)CNC(=O)COc2ccc(F)cc2)o1. The third-order valence-electron chi connectivity index (χ3n) is 2.77. The van der Waals surface area contributed by atoms with Crippen molar-refractivity contribution in [3.8, 4) is 5.75 Å². The highest BCUT2D eigenvalue weighted by Crippen LogP contribution is 2.15. The van der Waals surface area contributed by atoms with Gasteiger partial charge >= 0.3 is 0 Å². The second kappa shape index (κ2) is 6.90. The molecule has 0 spiro atoms. The van der Waals surface area contributed by atoms with Gasteiger partial charge in [0.2, 0.25) is 0 Å². The van der Waals surface area contributed by atoms with Gasteiger partial charge in [-0.25, -0.2) is 4.39 Å². The number of aryl methyl sites for hydroxylation is 1. The minimum atomic E-state index is -0.909. The Morgan fingerprint density at radius 3 is 2.67 bits per heavy atom. The van der Waals surface area contributed by atoms with Gasteiger partial charge < -0.3 is 19.6 Å². The van der Waals surface area contributed by atoms with Crippen molar-refractivity contribution in [2.45, 2.75) is 13.0 Å². The Hall–Kier alpha value is -2.34. The molecule has 0 radical (unpaired) electrons. The van der Waals surface area contributed by atoms with Crippen molar-refractivity contribution < 1.29 is 23.4 Å². The molecule has 1 amide bonds. The third kappa shape index (κ3) is 4.61. The van der Waals surface area contributed by atoms with Crippen LogP contribution in [0.2, 0.25) is 0 Å². The van der Waals surface area contributed by atoms with Crippen molar-refractivity contribution in [2.75, 3.05) is 13.2 Å². The maximum absolute atomic E-state index is 12.7. The van der Waals surface area contributed by atoms with Gasteiger partial charge in [0.1, 0.15) is 29.2 Å². The van der Waals surface area contributed by atoms with E-state index in [4.69, 9.17) is 9.15 Å². The monoisotopic (exact) mass is 293 g/mol. The number of ether oxygens (including phenoxy) is 1. The van der Waals surface area contributed by atoms with Crippen LogP contribution in [0.25, 0.3) is 0 Å². The molecule has 2 N–H and O–H groups in total. The molecule has 21 heavy (non-hydrogen) atoms. The first-order valence-electron chi connectivity index (χ1n) is 6.44. The lowest BCUT2D eigenvalue weighted by molar-refractivity contribution is -0.123. The number of aliphatic hydroxyl groups excluding tert-OH is 1. The lowest BCUT2D eigenvalue weighted by Gasteiger charge is -2.10. The van der Waals surface area contributed by atoms with E-state index in [-0.39, 0.29) is 24.9 Å². The molecular formula is C15H16FNO4. The predicted octanol–water partition coefficient (Wildman–Crippen LogP) is 1.96. The third-order valence-corrected chi connectivity index (χ3v) is 2.77. The molecule has 0 aliphatic rings. The van der Waals surface area contributed by atoms with E-state index in [0.717, 1.165) is 0 Å². The van der Waals surface area contributed by atoms with Crippen molar-refractivity contribution >= 4 is 5.91 Å². The van der Waals surface area contributed by atoms with Crippen LogP contribution in [0, 0.1) is 12.7 Å². The van der Waals surface area contributed by atoms with Crippen LogP contribution in [0.4, 0.5) is 4.39 Å². The van der Waals surface area contributed by atoms with Gasteiger partial charge in [0, 0.05) is 0 Å². The van der Waals surface area contributed by atoms with E-state index < -0.39 is 6.10 Å². The molecular weight excluding hydrogens is 277 g/mol. The second-order valence-corrected chi connectivity index (χ2v) is 4.51. The van der Waals surface area contributed by atoms with Gasteiger partial charge in [-0.05, 0) is 43.3 Å². The Bertz CT molecular complexity index is 594. The molecule has 2 rings (SSSR count). The van der Waals surface area contributed by atoms with E-state index in [0.29, 0.717) is 17.3 Å². The molecule has 0 bridgehead atoms. The van der Waals surface area contributed by atoms with Crippen LogP contribution in [-0.4, -0.2) is 24.2 Å². The number of carbonyl (C=O) groups excluding carboxylic acids is 1. The lowest BCUT2D eigenvalue weighted by Crippen LogP contribution is -2.32. The summed E-state index contributed by atoms with van der Waals surface area (Å²) in [5.74, 6) is 0.723. The molecule has 1 aromatic heterocycles. The quantitative estimate of drug-likeness (QED) is 0.854. The van der Waals surface area contributed by atoms with E-state index in [2.05, 4.69) is 5.32 Å². The van der Waals surface area contributed by atoms with Crippen molar-refractivity contribution in [3.63, 3.8) is 0 Å². The Labute approximate surface area is 121 Å². The van der Waals surface area contributed by atoms with Gasteiger partial charge in [-0.1, -0.05) is 0 Å². The summed E-state index contributed by atoms with van der Waals surface area (Å²) in [5.41, 5.74) is 0. The fraction of sp³-hybridized carbons (Fsp3) is 0.267. The first-order valence-corrected chi connectivity index (χ1v) is 6.44. The standard InChI is InChI=1S/C15H16FNO4/c1-10-2-7-14(21-10)13(18)8-17-15(19)9-20-12-5-3-11(16)4-6-12/h2-7,13,18H,8-9H2,1H3,(H,17,19)/t13-/m1/s1. The second-order valence-electron chi connectivity index (χ2n) is 4.51. The number of benzene rings is 1. The summed E-state index contributed by atoms with van der Waals surface area (Å²) < 4.78 is 23.1. The normalized spacial score (nSPS) is 12.0. The Balaban J connectivity index is 1.73. The molecule has 0 aliphatic carbocycles. The number of furan rings is 1. The summed E-state index contributed by atoms with van der Waals surface area (Å²) in [5, 5.41) is 12.3. The fourth-order valence-electron chi connectivity index (χ4n) is 1.67. The molecule has 0 aliphatic heterocycles. The Morgan fingerprint density at radius 2 is 2.05 bits per heavy atom. The highest BCUT2D eigenvalue weighted by Gasteiger charge is 2.13. The van der Waals surface area contributed by atoms with Gasteiger partial charge in [0.25, 0.3) is 5.91 Å². The van der Waals surface area contributed by atoms with Gasteiger partial charge in [-0.3, -0.25) is 4.79 Å². The van der Waals surface area contributed by atoms with E-state index >= 15 is 0 Å². The van der Waals surface area contributed by atoms with Crippen LogP contribution in [0.15, 0.2) is 40.8 Å². The predicted molar refractivity (Wildman–Crippen MR) is 73.3 cm³/mol. The highest BCUT2D eigenvalue weighted by atomic mass is 19.1. The average Bonchev–Trinajstić information content (AvgIpc) is 2.91. The summed E-state index contributed by atoms with van der Waals surface area (Å²) in [6.45, 7) is 1.58. The topological polar surface area (TPSA) is 71.7 Å². The minimum Gasteiger partial charge on any atom is -0.484 e. The molecule has 0 fully saturated rings. The van der Waals surface area contributed by atoms with E-state index in [1.54, 1.807) is 19.1 Å². The molecule has 1 atom stereocenters. The van der Waals surface area contributed by atoms with E-state index in [9.17, 15) is 14.3 Å². The zero-order chi connectivity index (χ0) is 15.2. The van der Waals surface area contributed by atoms with Crippen molar-refractivity contribution in [1.29, 1.82) is 0 Å². The summed E-state index contributed by atoms with van der Waals surface area (Å²) in [7, 11) is 0. The van der Waals surface area contributed by atoms with Crippen LogP contribution < -0.4 is 10.1 Å². The fourth-order valence-corrected chi connectivity index (χ4v) is 1.67. The first-order chi connectivity index (χ1) is 10.0. The summed E-state index contributed by atoms with van der Waals surface area (Å²) >= 11 is 0. The highest BCUT2D eigenvalue weighted by molar-refractivity contribution is 5.77. The average molecular weight is 293 g/mol.